The van der Waals surface area contributed by atoms with Crippen LogP contribution in [0.2, 0.25) is 0 Å². The predicted molar refractivity (Wildman–Crippen MR) is 98.6 cm³/mol. The van der Waals surface area contributed by atoms with Crippen LogP contribution in [0.1, 0.15) is 29.9 Å². The van der Waals surface area contributed by atoms with E-state index < -0.39 is 0 Å². The van der Waals surface area contributed by atoms with Crippen molar-refractivity contribution in [1.82, 2.24) is 15.1 Å². The molecule has 142 valence electrons. The number of amides is 1. The third-order valence-corrected chi connectivity index (χ3v) is 4.01. The van der Waals surface area contributed by atoms with Crippen LogP contribution in [0.15, 0.2) is 24.3 Å². The molecule has 0 aliphatic carbocycles. The van der Waals surface area contributed by atoms with Gasteiger partial charge < -0.3 is 19.5 Å². The smallest absolute Gasteiger partial charge is 0.242 e. The lowest BCUT2D eigenvalue weighted by atomic mass is 10.1. The number of aryl methyl sites for hydroxylation is 2. The lowest BCUT2D eigenvalue weighted by Crippen LogP contribution is -2.30. The maximum Gasteiger partial charge on any atom is 0.242 e. The summed E-state index contributed by atoms with van der Waals surface area (Å²) in [5, 5.41) is 7.30. The molecular weight excluding hydrogens is 334 g/mol. The van der Waals surface area contributed by atoms with Crippen LogP contribution in [0.25, 0.3) is 0 Å². The van der Waals surface area contributed by atoms with Gasteiger partial charge >= 0.3 is 0 Å². The summed E-state index contributed by atoms with van der Waals surface area (Å²) in [6, 6.07) is 7.41. The van der Waals surface area contributed by atoms with Crippen LogP contribution in [0, 0.1) is 13.8 Å². The first kappa shape index (κ1) is 19.8. The Balaban J connectivity index is 2.00. The minimum atomic E-state index is -0.165. The fraction of sp³-hybridized carbons (Fsp3) is 0.474. The molecule has 0 spiro atoms. The Morgan fingerprint density at radius 3 is 2.58 bits per heavy atom. The number of hydrogen-bond acceptors (Lipinski definition) is 5. The molecule has 0 radical (unpaired) electrons. The van der Waals surface area contributed by atoms with Gasteiger partial charge in [-0.1, -0.05) is 6.07 Å². The number of carbonyl (C=O) groups excluding carboxylic acids is 1. The van der Waals surface area contributed by atoms with E-state index >= 15 is 0 Å². The SMILES string of the molecule is COCCOc1ccc(C(C)NC(=O)Cn2nc(C)cc2C)cc1OC. The van der Waals surface area contributed by atoms with Crippen molar-refractivity contribution in [3.05, 3.63) is 41.2 Å². The van der Waals surface area contributed by atoms with Gasteiger partial charge in [-0.2, -0.15) is 5.10 Å². The highest BCUT2D eigenvalue weighted by Crippen LogP contribution is 2.30. The number of carbonyl (C=O) groups is 1. The summed E-state index contributed by atoms with van der Waals surface area (Å²) < 4.78 is 17.7. The summed E-state index contributed by atoms with van der Waals surface area (Å²) in [5.41, 5.74) is 2.80. The summed E-state index contributed by atoms with van der Waals surface area (Å²) in [7, 11) is 3.22. The number of rotatable bonds is 9. The van der Waals surface area contributed by atoms with Gasteiger partial charge in [0, 0.05) is 12.8 Å². The van der Waals surface area contributed by atoms with Gasteiger partial charge in [0.2, 0.25) is 5.91 Å². The molecule has 2 rings (SSSR count). The number of hydrogen-bond donors (Lipinski definition) is 1. The summed E-state index contributed by atoms with van der Waals surface area (Å²) in [6.45, 7) is 6.92. The molecule has 0 saturated carbocycles. The molecule has 0 bridgehead atoms. The van der Waals surface area contributed by atoms with E-state index in [1.54, 1.807) is 18.9 Å². The molecule has 0 saturated heterocycles. The zero-order valence-corrected chi connectivity index (χ0v) is 16.0. The highest BCUT2D eigenvalue weighted by atomic mass is 16.5. The lowest BCUT2D eigenvalue weighted by Gasteiger charge is -2.17. The number of aromatic nitrogens is 2. The largest absolute Gasteiger partial charge is 0.493 e. The van der Waals surface area contributed by atoms with Crippen LogP contribution in [0.3, 0.4) is 0 Å². The standard InChI is InChI=1S/C19H27N3O4/c1-13-10-14(2)22(21-13)12-19(23)20-15(3)16-6-7-17(18(11-16)25-5)26-9-8-24-4/h6-7,10-11,15H,8-9,12H2,1-5H3,(H,20,23). The van der Waals surface area contributed by atoms with Crippen molar-refractivity contribution in [3.63, 3.8) is 0 Å². The average molecular weight is 361 g/mol. The monoisotopic (exact) mass is 361 g/mol. The number of methoxy groups -OCH3 is 2. The van der Waals surface area contributed by atoms with E-state index in [1.807, 2.05) is 45.0 Å². The molecule has 1 aromatic heterocycles. The van der Waals surface area contributed by atoms with Gasteiger partial charge in [0.25, 0.3) is 0 Å². The second-order valence-corrected chi connectivity index (χ2v) is 6.13. The molecule has 1 aromatic carbocycles. The Morgan fingerprint density at radius 1 is 1.19 bits per heavy atom. The highest BCUT2D eigenvalue weighted by molar-refractivity contribution is 5.76. The third-order valence-electron chi connectivity index (χ3n) is 4.01. The number of nitrogens with one attached hydrogen (secondary N) is 1. The van der Waals surface area contributed by atoms with Crippen molar-refractivity contribution in [2.45, 2.75) is 33.4 Å². The predicted octanol–water partition coefficient (Wildman–Crippen LogP) is 2.41. The van der Waals surface area contributed by atoms with Crippen LogP contribution in [-0.2, 0) is 16.1 Å². The quantitative estimate of drug-likeness (QED) is 0.694. The second-order valence-electron chi connectivity index (χ2n) is 6.13. The van der Waals surface area contributed by atoms with Gasteiger partial charge in [-0.15, -0.1) is 0 Å². The van der Waals surface area contributed by atoms with E-state index in [1.165, 1.54) is 0 Å². The third kappa shape index (κ3) is 5.23. The molecule has 0 aliphatic rings. The molecule has 1 N–H and O–H groups in total. The fourth-order valence-electron chi connectivity index (χ4n) is 2.65. The maximum absolute atomic E-state index is 12.3. The molecule has 2 aromatic rings. The molecule has 0 fully saturated rings. The molecule has 1 atom stereocenters. The Labute approximate surface area is 154 Å². The van der Waals surface area contributed by atoms with Crippen LogP contribution < -0.4 is 14.8 Å². The minimum Gasteiger partial charge on any atom is -0.493 e. The Morgan fingerprint density at radius 2 is 1.96 bits per heavy atom. The normalized spacial score (nSPS) is 11.9. The van der Waals surface area contributed by atoms with Gasteiger partial charge in [-0.25, -0.2) is 0 Å². The number of ether oxygens (including phenoxy) is 3. The highest BCUT2D eigenvalue weighted by Gasteiger charge is 2.14. The van der Waals surface area contributed by atoms with E-state index in [9.17, 15) is 4.79 Å². The second kappa shape index (κ2) is 9.24. The van der Waals surface area contributed by atoms with Crippen molar-refractivity contribution < 1.29 is 19.0 Å². The summed E-state index contributed by atoms with van der Waals surface area (Å²) >= 11 is 0. The fourth-order valence-corrected chi connectivity index (χ4v) is 2.65. The lowest BCUT2D eigenvalue weighted by molar-refractivity contribution is -0.122. The molecule has 7 nitrogen and oxygen atoms in total. The van der Waals surface area contributed by atoms with E-state index in [4.69, 9.17) is 14.2 Å². The minimum absolute atomic E-state index is 0.0944. The van der Waals surface area contributed by atoms with Crippen molar-refractivity contribution in [2.24, 2.45) is 0 Å². The molecule has 7 heteroatoms. The van der Waals surface area contributed by atoms with Gasteiger partial charge in [-0.05, 0) is 44.5 Å². The summed E-state index contributed by atoms with van der Waals surface area (Å²) in [6.07, 6.45) is 0. The van der Waals surface area contributed by atoms with E-state index in [0.717, 1.165) is 17.0 Å². The molecule has 26 heavy (non-hydrogen) atoms. The number of benzene rings is 1. The summed E-state index contributed by atoms with van der Waals surface area (Å²) in [5.74, 6) is 1.18. The molecule has 0 aliphatic heterocycles. The van der Waals surface area contributed by atoms with Crippen molar-refractivity contribution in [3.8, 4) is 11.5 Å². The van der Waals surface area contributed by atoms with Gasteiger partial charge in [0.05, 0.1) is 25.5 Å². The van der Waals surface area contributed by atoms with Crippen molar-refractivity contribution >= 4 is 5.91 Å². The van der Waals surface area contributed by atoms with E-state index in [2.05, 4.69) is 10.4 Å². The Kier molecular flexibility index (Phi) is 7.03. The van der Waals surface area contributed by atoms with Crippen LogP contribution in [-0.4, -0.2) is 43.1 Å². The van der Waals surface area contributed by atoms with Gasteiger partial charge in [0.15, 0.2) is 11.5 Å². The first-order valence-electron chi connectivity index (χ1n) is 8.54. The van der Waals surface area contributed by atoms with Crippen molar-refractivity contribution in [1.29, 1.82) is 0 Å². The summed E-state index contributed by atoms with van der Waals surface area (Å²) in [4.78, 5) is 12.3. The first-order valence-corrected chi connectivity index (χ1v) is 8.54. The van der Waals surface area contributed by atoms with E-state index in [0.29, 0.717) is 24.7 Å². The van der Waals surface area contributed by atoms with Crippen LogP contribution in [0.5, 0.6) is 11.5 Å². The van der Waals surface area contributed by atoms with Gasteiger partial charge in [0.1, 0.15) is 13.2 Å². The first-order chi connectivity index (χ1) is 12.4. The Hall–Kier alpha value is -2.54. The molecular formula is C19H27N3O4. The zero-order valence-electron chi connectivity index (χ0n) is 16.0. The van der Waals surface area contributed by atoms with Crippen LogP contribution >= 0.6 is 0 Å². The average Bonchev–Trinajstić information content (AvgIpc) is 2.92. The van der Waals surface area contributed by atoms with Gasteiger partial charge in [-0.3, -0.25) is 9.48 Å². The van der Waals surface area contributed by atoms with E-state index in [-0.39, 0.29) is 18.5 Å². The number of nitrogens with zero attached hydrogens (tertiary/aromatic N) is 2. The molecule has 1 unspecified atom stereocenters. The van der Waals surface area contributed by atoms with Crippen LogP contribution in [0.4, 0.5) is 0 Å². The zero-order chi connectivity index (χ0) is 19.1. The van der Waals surface area contributed by atoms with Crippen molar-refractivity contribution in [2.75, 3.05) is 27.4 Å². The topological polar surface area (TPSA) is 74.6 Å². The molecule has 1 amide bonds. The maximum atomic E-state index is 12.3. The molecule has 1 heterocycles. The Bertz CT molecular complexity index is 742.